The van der Waals surface area contributed by atoms with E-state index in [9.17, 15) is 0 Å². The highest BCUT2D eigenvalue weighted by atomic mass is 35.5. The summed E-state index contributed by atoms with van der Waals surface area (Å²) in [5, 5.41) is 4.67. The number of benzene rings is 2. The van der Waals surface area contributed by atoms with Crippen LogP contribution < -0.4 is 5.73 Å². The van der Waals surface area contributed by atoms with E-state index in [1.807, 2.05) is 48.5 Å². The maximum atomic E-state index is 6.01. The van der Waals surface area contributed by atoms with Crippen molar-refractivity contribution in [3.63, 3.8) is 0 Å². The number of nitrogen functional groups attached to an aromatic ring is 1. The second-order valence-corrected chi connectivity index (χ2v) is 5.97. The van der Waals surface area contributed by atoms with Crippen molar-refractivity contribution in [2.75, 3.05) is 5.73 Å². The molecule has 2 aromatic carbocycles. The van der Waals surface area contributed by atoms with Gasteiger partial charge in [0.25, 0.3) is 0 Å². The second kappa shape index (κ2) is 6.24. The third-order valence-corrected chi connectivity index (χ3v) is 4.32. The standard InChI is InChI=1S/C16H13ClN2OS/c17-14-9-13(6-7-15(14)18)21-10-12-8-16(19-20-12)11-4-2-1-3-5-11/h1-9H,10,18H2. The van der Waals surface area contributed by atoms with Gasteiger partial charge >= 0.3 is 0 Å². The van der Waals surface area contributed by atoms with Gasteiger partial charge in [-0.1, -0.05) is 47.1 Å². The molecule has 0 atom stereocenters. The summed E-state index contributed by atoms with van der Waals surface area (Å²) < 4.78 is 5.37. The zero-order valence-electron chi connectivity index (χ0n) is 11.1. The molecule has 0 spiro atoms. The molecule has 3 nitrogen and oxygen atoms in total. The van der Waals surface area contributed by atoms with Crippen LogP contribution in [0.2, 0.25) is 5.02 Å². The Kier molecular flexibility index (Phi) is 4.18. The van der Waals surface area contributed by atoms with Crippen LogP contribution >= 0.6 is 23.4 Å². The first-order valence-electron chi connectivity index (χ1n) is 6.41. The summed E-state index contributed by atoms with van der Waals surface area (Å²) in [7, 11) is 0. The molecule has 0 fully saturated rings. The summed E-state index contributed by atoms with van der Waals surface area (Å²) in [5.74, 6) is 1.52. The molecule has 1 heterocycles. The van der Waals surface area contributed by atoms with Crippen LogP contribution in [0.5, 0.6) is 0 Å². The smallest absolute Gasteiger partial charge is 0.147 e. The molecule has 3 rings (SSSR count). The van der Waals surface area contributed by atoms with Crippen LogP contribution in [0.15, 0.2) is 64.0 Å². The molecule has 21 heavy (non-hydrogen) atoms. The number of anilines is 1. The number of nitrogens with two attached hydrogens (primary N) is 1. The molecule has 0 radical (unpaired) electrons. The Morgan fingerprint density at radius 1 is 1.10 bits per heavy atom. The van der Waals surface area contributed by atoms with Gasteiger partial charge in [-0.05, 0) is 18.2 Å². The third kappa shape index (κ3) is 3.40. The average molecular weight is 317 g/mol. The van der Waals surface area contributed by atoms with Crippen LogP contribution in [-0.2, 0) is 5.75 Å². The number of thioether (sulfide) groups is 1. The molecule has 5 heteroatoms. The fraction of sp³-hybridized carbons (Fsp3) is 0.0625. The quantitative estimate of drug-likeness (QED) is 0.551. The van der Waals surface area contributed by atoms with Gasteiger partial charge in [0.15, 0.2) is 0 Å². The van der Waals surface area contributed by atoms with Gasteiger partial charge in [-0.3, -0.25) is 0 Å². The second-order valence-electron chi connectivity index (χ2n) is 4.52. The van der Waals surface area contributed by atoms with Gasteiger partial charge in [-0.25, -0.2) is 0 Å². The fourth-order valence-corrected chi connectivity index (χ4v) is 2.93. The molecule has 1 aromatic heterocycles. The highest BCUT2D eigenvalue weighted by Crippen LogP contribution is 2.29. The van der Waals surface area contributed by atoms with E-state index < -0.39 is 0 Å². The van der Waals surface area contributed by atoms with Crippen LogP contribution in [0.1, 0.15) is 5.76 Å². The van der Waals surface area contributed by atoms with Crippen molar-refractivity contribution in [1.82, 2.24) is 5.16 Å². The third-order valence-electron chi connectivity index (χ3n) is 2.98. The zero-order valence-corrected chi connectivity index (χ0v) is 12.7. The first-order valence-corrected chi connectivity index (χ1v) is 7.77. The molecule has 3 aromatic rings. The average Bonchev–Trinajstić information content (AvgIpc) is 2.98. The van der Waals surface area contributed by atoms with Crippen molar-refractivity contribution in [1.29, 1.82) is 0 Å². The lowest BCUT2D eigenvalue weighted by atomic mass is 10.1. The van der Waals surface area contributed by atoms with Crippen LogP contribution in [0.3, 0.4) is 0 Å². The van der Waals surface area contributed by atoms with E-state index in [0.717, 1.165) is 21.9 Å². The summed E-state index contributed by atoms with van der Waals surface area (Å²) in [5.41, 5.74) is 8.18. The Balaban J connectivity index is 1.69. The maximum Gasteiger partial charge on any atom is 0.147 e. The highest BCUT2D eigenvalue weighted by molar-refractivity contribution is 7.98. The molecule has 0 saturated carbocycles. The SMILES string of the molecule is Nc1ccc(SCc2cc(-c3ccccc3)no2)cc1Cl. The minimum atomic E-state index is 0.572. The molecule has 2 N–H and O–H groups in total. The summed E-state index contributed by atoms with van der Waals surface area (Å²) in [4.78, 5) is 1.05. The van der Waals surface area contributed by atoms with Crippen molar-refractivity contribution in [3.05, 3.63) is 65.4 Å². The van der Waals surface area contributed by atoms with Crippen molar-refractivity contribution in [2.24, 2.45) is 0 Å². The maximum absolute atomic E-state index is 6.01. The number of hydrogen-bond donors (Lipinski definition) is 1. The van der Waals surface area contributed by atoms with Gasteiger partial charge in [0, 0.05) is 16.5 Å². The Bertz CT molecular complexity index is 743. The van der Waals surface area contributed by atoms with Crippen LogP contribution in [0.4, 0.5) is 5.69 Å². The van der Waals surface area contributed by atoms with Gasteiger partial charge in [-0.15, -0.1) is 11.8 Å². The van der Waals surface area contributed by atoms with Crippen molar-refractivity contribution < 1.29 is 4.52 Å². The van der Waals surface area contributed by atoms with Gasteiger partial charge in [0.05, 0.1) is 16.5 Å². The Morgan fingerprint density at radius 2 is 1.90 bits per heavy atom. The lowest BCUT2D eigenvalue weighted by molar-refractivity contribution is 0.397. The van der Waals surface area contributed by atoms with Crippen molar-refractivity contribution in [3.8, 4) is 11.3 Å². The van der Waals surface area contributed by atoms with E-state index in [-0.39, 0.29) is 0 Å². The summed E-state index contributed by atoms with van der Waals surface area (Å²) >= 11 is 7.64. The van der Waals surface area contributed by atoms with E-state index >= 15 is 0 Å². The largest absolute Gasteiger partial charge is 0.398 e. The van der Waals surface area contributed by atoms with Crippen LogP contribution in [0, 0.1) is 0 Å². The van der Waals surface area contributed by atoms with E-state index in [1.165, 1.54) is 0 Å². The first-order chi connectivity index (χ1) is 10.2. The molecule has 0 amide bonds. The van der Waals surface area contributed by atoms with E-state index in [0.29, 0.717) is 16.5 Å². The van der Waals surface area contributed by atoms with E-state index in [4.69, 9.17) is 21.9 Å². The Hall–Kier alpha value is -1.91. The molecule has 0 aliphatic rings. The zero-order chi connectivity index (χ0) is 14.7. The molecule has 0 bridgehead atoms. The van der Waals surface area contributed by atoms with Crippen molar-refractivity contribution in [2.45, 2.75) is 10.6 Å². The molecular formula is C16H13ClN2OS. The minimum absolute atomic E-state index is 0.572. The molecule has 0 aliphatic heterocycles. The predicted molar refractivity (Wildman–Crippen MR) is 87.4 cm³/mol. The molecule has 106 valence electrons. The highest BCUT2D eigenvalue weighted by Gasteiger charge is 2.07. The minimum Gasteiger partial charge on any atom is -0.398 e. The molecular weight excluding hydrogens is 304 g/mol. The summed E-state index contributed by atoms with van der Waals surface area (Å²) in [6.45, 7) is 0. The topological polar surface area (TPSA) is 52.0 Å². The number of halogens is 1. The van der Waals surface area contributed by atoms with E-state index in [2.05, 4.69) is 5.16 Å². The lowest BCUT2D eigenvalue weighted by Gasteiger charge is -2.01. The van der Waals surface area contributed by atoms with Crippen LogP contribution in [-0.4, -0.2) is 5.16 Å². The molecule has 0 unspecified atom stereocenters. The normalized spacial score (nSPS) is 10.7. The number of aromatic nitrogens is 1. The van der Waals surface area contributed by atoms with Gasteiger partial charge in [0.1, 0.15) is 11.5 Å². The monoisotopic (exact) mass is 316 g/mol. The summed E-state index contributed by atoms with van der Waals surface area (Å²) in [6.07, 6.45) is 0. The lowest BCUT2D eigenvalue weighted by Crippen LogP contribution is -1.85. The Morgan fingerprint density at radius 3 is 2.67 bits per heavy atom. The van der Waals surface area contributed by atoms with Gasteiger partial charge in [-0.2, -0.15) is 0 Å². The van der Waals surface area contributed by atoms with Gasteiger partial charge < -0.3 is 10.3 Å². The van der Waals surface area contributed by atoms with Crippen LogP contribution in [0.25, 0.3) is 11.3 Å². The number of hydrogen-bond acceptors (Lipinski definition) is 4. The summed E-state index contributed by atoms with van der Waals surface area (Å²) in [6, 6.07) is 17.5. The van der Waals surface area contributed by atoms with Crippen molar-refractivity contribution >= 4 is 29.1 Å². The van der Waals surface area contributed by atoms with Gasteiger partial charge in [0.2, 0.25) is 0 Å². The fourth-order valence-electron chi connectivity index (χ4n) is 1.88. The molecule has 0 saturated heterocycles. The van der Waals surface area contributed by atoms with E-state index in [1.54, 1.807) is 17.8 Å². The number of nitrogens with zero attached hydrogens (tertiary/aromatic N) is 1. The Labute approximate surface area is 132 Å². The first kappa shape index (κ1) is 14.0. The molecule has 0 aliphatic carbocycles. The number of rotatable bonds is 4. The predicted octanol–water partition coefficient (Wildman–Crippen LogP) is 4.87.